The number of hydrogen-bond donors (Lipinski definition) is 0. The van der Waals surface area contributed by atoms with E-state index < -0.39 is 0 Å². The van der Waals surface area contributed by atoms with Crippen LogP contribution in [0.15, 0.2) is 66.7 Å². The quantitative estimate of drug-likeness (QED) is 0.326. The number of benzene rings is 2. The molecule has 0 amide bonds. The maximum Gasteiger partial charge on any atom is 0.167 e. The van der Waals surface area contributed by atoms with Crippen LogP contribution in [-0.2, 0) is 0 Å². The van der Waals surface area contributed by atoms with Crippen molar-refractivity contribution in [3.8, 4) is 0 Å². The summed E-state index contributed by atoms with van der Waals surface area (Å²) in [6.07, 6.45) is 0. The maximum atomic E-state index is 14.1. The first-order chi connectivity index (χ1) is 13.4. The second kappa shape index (κ2) is 8.05. The van der Waals surface area contributed by atoms with E-state index >= 15 is 0 Å². The standard InChI is InChI=1S/C23H21F2N3/c1-16(27(3)22-14-7-5-10-18(22)24)20-12-9-13-21(26-20)17(2)28(4)23-15-8-6-11-19(23)25/h5-15H,3-4H2,1-2H3. The van der Waals surface area contributed by atoms with Crippen molar-refractivity contribution in [3.63, 3.8) is 0 Å². The molecular formula is C23H21F2N3. The van der Waals surface area contributed by atoms with Gasteiger partial charge in [-0.2, -0.15) is 0 Å². The van der Waals surface area contributed by atoms with E-state index in [-0.39, 0.29) is 11.6 Å². The van der Waals surface area contributed by atoms with Gasteiger partial charge in [0.25, 0.3) is 0 Å². The fourth-order valence-electron chi connectivity index (χ4n) is 2.82. The van der Waals surface area contributed by atoms with Crippen molar-refractivity contribution in [1.29, 1.82) is 0 Å². The van der Waals surface area contributed by atoms with Gasteiger partial charge in [0.1, 0.15) is 12.1 Å². The van der Waals surface area contributed by atoms with Crippen LogP contribution in [0.4, 0.5) is 20.2 Å². The fraction of sp³-hybridized carbons (Fsp3) is 0.0870. The Morgan fingerprint density at radius 2 is 1.07 bits per heavy atom. The van der Waals surface area contributed by atoms with Gasteiger partial charge in [-0.15, -0.1) is 18.2 Å². The number of para-hydroxylation sites is 2. The summed E-state index contributed by atoms with van der Waals surface area (Å²) >= 11 is 0. The van der Waals surface area contributed by atoms with E-state index in [2.05, 4.69) is 18.4 Å². The molecule has 3 aromatic rings. The first-order valence-electron chi connectivity index (χ1n) is 8.75. The van der Waals surface area contributed by atoms with Gasteiger partial charge in [0.2, 0.25) is 0 Å². The summed E-state index contributed by atoms with van der Waals surface area (Å²) in [5, 5.41) is 0. The lowest BCUT2D eigenvalue weighted by atomic mass is 10.1. The van der Waals surface area contributed by atoms with Gasteiger partial charge in [-0.25, -0.2) is 8.78 Å². The van der Waals surface area contributed by atoms with Gasteiger partial charge in [-0.3, -0.25) is 14.1 Å². The third-order valence-corrected chi connectivity index (χ3v) is 4.59. The van der Waals surface area contributed by atoms with E-state index in [1.54, 1.807) is 36.4 Å². The maximum absolute atomic E-state index is 14.1. The van der Waals surface area contributed by atoms with Crippen molar-refractivity contribution in [2.75, 3.05) is 0 Å². The summed E-state index contributed by atoms with van der Waals surface area (Å²) in [6.45, 7) is 11.5. The van der Waals surface area contributed by atoms with Crippen LogP contribution in [0, 0.1) is 23.7 Å². The second-order valence-corrected chi connectivity index (χ2v) is 6.34. The first kappa shape index (κ1) is 19.3. The predicted molar refractivity (Wildman–Crippen MR) is 107 cm³/mol. The minimum atomic E-state index is -0.362. The van der Waals surface area contributed by atoms with Crippen molar-refractivity contribution in [2.24, 2.45) is 0 Å². The SMILES string of the molecule is C=[N+](c1ccccc1F)[C-](C)c1cccc([C-](C)[N+](=C)c2ccccc2F)n1. The smallest absolute Gasteiger partial charge is 0.167 e. The summed E-state index contributed by atoms with van der Waals surface area (Å²) in [5.74, 6) is -0.724. The van der Waals surface area contributed by atoms with Crippen LogP contribution in [0.2, 0.25) is 0 Å². The average molecular weight is 377 g/mol. The summed E-state index contributed by atoms with van der Waals surface area (Å²) in [6, 6.07) is 19.7. The zero-order valence-electron chi connectivity index (χ0n) is 15.9. The van der Waals surface area contributed by atoms with Gasteiger partial charge in [0, 0.05) is 11.4 Å². The largest absolute Gasteiger partial charge is 0.288 e. The Bertz CT molecular complexity index is 951. The Balaban J connectivity index is 1.88. The Hall–Kier alpha value is -3.47. The Labute approximate surface area is 163 Å². The lowest BCUT2D eigenvalue weighted by Crippen LogP contribution is -2.17. The lowest BCUT2D eigenvalue weighted by Gasteiger charge is -2.20. The molecule has 0 saturated carbocycles. The lowest BCUT2D eigenvalue weighted by molar-refractivity contribution is -0.411. The van der Waals surface area contributed by atoms with Crippen LogP contribution in [-0.4, -0.2) is 27.6 Å². The van der Waals surface area contributed by atoms with Gasteiger partial charge in [0.05, 0.1) is 13.4 Å². The molecule has 1 aromatic heterocycles. The average Bonchev–Trinajstić information content (AvgIpc) is 2.72. The van der Waals surface area contributed by atoms with Crippen LogP contribution < -0.4 is 0 Å². The molecule has 142 valence electrons. The van der Waals surface area contributed by atoms with Crippen molar-refractivity contribution in [1.82, 2.24) is 4.98 Å². The van der Waals surface area contributed by atoms with E-state index in [1.807, 2.05) is 32.0 Å². The minimum Gasteiger partial charge on any atom is -0.288 e. The zero-order valence-corrected chi connectivity index (χ0v) is 15.9. The molecule has 0 fully saturated rings. The molecule has 0 aliphatic heterocycles. The normalized spacial score (nSPS) is 10.4. The van der Waals surface area contributed by atoms with Crippen molar-refractivity contribution < 1.29 is 17.9 Å². The number of aromatic nitrogens is 1. The van der Waals surface area contributed by atoms with E-state index in [1.165, 1.54) is 21.3 Å². The van der Waals surface area contributed by atoms with Crippen LogP contribution in [0.3, 0.4) is 0 Å². The monoisotopic (exact) mass is 377 g/mol. The molecule has 0 N–H and O–H groups in total. The molecule has 5 heteroatoms. The molecule has 1 heterocycles. The van der Waals surface area contributed by atoms with E-state index in [9.17, 15) is 8.78 Å². The molecule has 0 aliphatic rings. The highest BCUT2D eigenvalue weighted by Crippen LogP contribution is 2.27. The summed E-state index contributed by atoms with van der Waals surface area (Å²) < 4.78 is 31.2. The van der Waals surface area contributed by atoms with Gasteiger partial charge in [-0.1, -0.05) is 24.3 Å². The Morgan fingerprint density at radius 1 is 0.679 bits per heavy atom. The summed E-state index contributed by atoms with van der Waals surface area (Å²) in [4.78, 5) is 4.64. The highest BCUT2D eigenvalue weighted by Gasteiger charge is 2.20. The predicted octanol–water partition coefficient (Wildman–Crippen LogP) is 5.25. The molecule has 3 nitrogen and oxygen atoms in total. The number of pyridine rings is 1. The van der Waals surface area contributed by atoms with Crippen LogP contribution in [0.5, 0.6) is 0 Å². The topological polar surface area (TPSA) is 18.9 Å². The van der Waals surface area contributed by atoms with Gasteiger partial charge >= 0.3 is 0 Å². The van der Waals surface area contributed by atoms with Crippen molar-refractivity contribution >= 4 is 24.8 Å². The molecular weight excluding hydrogens is 356 g/mol. The third kappa shape index (κ3) is 3.78. The summed E-state index contributed by atoms with van der Waals surface area (Å²) in [7, 11) is 0. The van der Waals surface area contributed by atoms with Gasteiger partial charge < -0.3 is 0 Å². The van der Waals surface area contributed by atoms with E-state index in [4.69, 9.17) is 0 Å². The highest BCUT2D eigenvalue weighted by molar-refractivity contribution is 5.40. The summed E-state index contributed by atoms with van der Waals surface area (Å²) in [5.41, 5.74) is 1.99. The zero-order chi connectivity index (χ0) is 20.3. The molecule has 0 saturated heterocycles. The van der Waals surface area contributed by atoms with E-state index in [0.717, 1.165) is 0 Å². The first-order valence-corrected chi connectivity index (χ1v) is 8.75. The highest BCUT2D eigenvalue weighted by atomic mass is 19.1. The second-order valence-electron chi connectivity index (χ2n) is 6.34. The molecule has 0 spiro atoms. The van der Waals surface area contributed by atoms with Crippen LogP contribution in [0.1, 0.15) is 25.2 Å². The molecule has 0 atom stereocenters. The molecule has 3 rings (SSSR count). The number of hydrogen-bond acceptors (Lipinski definition) is 1. The molecule has 0 bridgehead atoms. The van der Waals surface area contributed by atoms with Crippen LogP contribution >= 0.6 is 0 Å². The molecule has 0 unspecified atom stereocenters. The number of nitrogens with zero attached hydrogens (tertiary/aromatic N) is 3. The minimum absolute atomic E-state index is 0.359. The molecule has 28 heavy (non-hydrogen) atoms. The Morgan fingerprint density at radius 3 is 1.46 bits per heavy atom. The fourth-order valence-corrected chi connectivity index (χ4v) is 2.82. The molecule has 2 aromatic carbocycles. The Kier molecular flexibility index (Phi) is 5.54. The number of rotatable bonds is 6. The van der Waals surface area contributed by atoms with Gasteiger partial charge in [-0.05, 0) is 38.1 Å². The van der Waals surface area contributed by atoms with E-state index in [0.29, 0.717) is 34.8 Å². The molecule has 0 aliphatic carbocycles. The van der Waals surface area contributed by atoms with Crippen molar-refractivity contribution in [3.05, 3.63) is 102 Å². The molecule has 0 radical (unpaired) electrons. The van der Waals surface area contributed by atoms with Crippen molar-refractivity contribution in [2.45, 2.75) is 13.8 Å². The third-order valence-electron chi connectivity index (χ3n) is 4.59. The number of halogens is 2. The van der Waals surface area contributed by atoms with Gasteiger partial charge in [0.15, 0.2) is 23.0 Å². The van der Waals surface area contributed by atoms with Crippen LogP contribution in [0.25, 0.3) is 0 Å².